The number of carbonyl (C=O) groups excluding carboxylic acids is 1. The summed E-state index contributed by atoms with van der Waals surface area (Å²) in [5.74, 6) is 0.715. The van der Waals surface area contributed by atoms with Crippen molar-refractivity contribution in [1.29, 1.82) is 0 Å². The highest BCUT2D eigenvalue weighted by molar-refractivity contribution is 5.96. The molecule has 1 aliphatic carbocycles. The van der Waals surface area contributed by atoms with Crippen molar-refractivity contribution in [3.63, 3.8) is 0 Å². The monoisotopic (exact) mass is 481 g/mol. The maximum atomic E-state index is 12.8. The number of piperidine rings is 1. The number of hydrogen-bond acceptors (Lipinski definition) is 4. The highest BCUT2D eigenvalue weighted by atomic mass is 16.5. The zero-order valence-electron chi connectivity index (χ0n) is 20.5. The summed E-state index contributed by atoms with van der Waals surface area (Å²) in [4.78, 5) is 28.1. The van der Waals surface area contributed by atoms with Crippen LogP contribution in [0.1, 0.15) is 65.6 Å². The van der Waals surface area contributed by atoms with Crippen molar-refractivity contribution in [2.75, 3.05) is 31.1 Å². The van der Waals surface area contributed by atoms with Gasteiger partial charge >= 0.3 is 12.0 Å². The molecule has 5 rings (SSSR count). The number of nitrogens with zero attached hydrogens (tertiary/aromatic N) is 2. The number of rotatable bonds is 7. The van der Waals surface area contributed by atoms with Gasteiger partial charge in [0.05, 0.1) is 24.3 Å². The summed E-state index contributed by atoms with van der Waals surface area (Å²) in [7, 11) is 0. The van der Waals surface area contributed by atoms with Crippen LogP contribution in [0.5, 0.6) is 5.75 Å². The van der Waals surface area contributed by atoms with Crippen molar-refractivity contribution in [1.82, 2.24) is 10.2 Å². The van der Waals surface area contributed by atoms with Crippen LogP contribution in [0.25, 0.3) is 0 Å². The Kier molecular flexibility index (Phi) is 7.05. The number of anilines is 1. The Morgan fingerprint density at radius 1 is 1.17 bits per heavy atom. The first-order chi connectivity index (χ1) is 16.4. The smallest absolute Gasteiger partial charge is 0.335 e. The van der Waals surface area contributed by atoms with Crippen molar-refractivity contribution in [3.8, 4) is 5.75 Å². The largest absolute Gasteiger partial charge is 0.494 e. The topological polar surface area (TPSA) is 114 Å². The molecule has 1 saturated carbocycles. The van der Waals surface area contributed by atoms with Gasteiger partial charge in [-0.1, -0.05) is 6.07 Å². The van der Waals surface area contributed by atoms with E-state index in [-0.39, 0.29) is 22.6 Å². The van der Waals surface area contributed by atoms with Gasteiger partial charge in [-0.3, -0.25) is 9.80 Å². The van der Waals surface area contributed by atoms with Crippen LogP contribution >= 0.6 is 0 Å². The Hall–Kier alpha value is -3.10. The Bertz CT molecular complexity index is 1090. The highest BCUT2D eigenvalue weighted by Gasteiger charge is 2.45. The first kappa shape index (κ1) is 25.0. The number of urea groups is 1. The van der Waals surface area contributed by atoms with Gasteiger partial charge < -0.3 is 20.6 Å². The first-order valence-electron chi connectivity index (χ1n) is 12.3. The lowest BCUT2D eigenvalue weighted by atomic mass is 9.87. The Morgan fingerprint density at radius 3 is 2.46 bits per heavy atom. The molecule has 35 heavy (non-hydrogen) atoms. The molecule has 0 atom stereocenters. The van der Waals surface area contributed by atoms with Gasteiger partial charge in [0.15, 0.2) is 0 Å². The minimum absolute atomic E-state index is 0. The minimum Gasteiger partial charge on any atom is -0.494 e. The van der Waals surface area contributed by atoms with Crippen LogP contribution in [-0.2, 0) is 6.54 Å². The first-order valence-corrected chi connectivity index (χ1v) is 12.3. The van der Waals surface area contributed by atoms with Gasteiger partial charge in [-0.2, -0.15) is 0 Å². The molecule has 2 amide bonds. The number of ether oxygens (including phenoxy) is 1. The Balaban J connectivity index is 0.00000289. The second kappa shape index (κ2) is 9.87. The van der Waals surface area contributed by atoms with Crippen LogP contribution in [0.2, 0.25) is 0 Å². The van der Waals surface area contributed by atoms with Gasteiger partial charge in [0.1, 0.15) is 5.75 Å². The molecule has 8 nitrogen and oxygen atoms in total. The van der Waals surface area contributed by atoms with E-state index in [0.29, 0.717) is 19.1 Å². The zero-order chi connectivity index (χ0) is 23.9. The van der Waals surface area contributed by atoms with Gasteiger partial charge in [0.2, 0.25) is 0 Å². The van der Waals surface area contributed by atoms with Crippen LogP contribution in [0.15, 0.2) is 36.4 Å². The molecule has 188 valence electrons. The summed E-state index contributed by atoms with van der Waals surface area (Å²) in [6, 6.07) is 11.0. The normalized spacial score (nSPS) is 19.4. The average molecular weight is 482 g/mol. The van der Waals surface area contributed by atoms with E-state index in [1.54, 1.807) is 29.2 Å². The molecule has 2 saturated heterocycles. The highest BCUT2D eigenvalue weighted by Crippen LogP contribution is 2.44. The summed E-state index contributed by atoms with van der Waals surface area (Å²) in [5, 5.41) is 12.4. The summed E-state index contributed by atoms with van der Waals surface area (Å²) in [6.45, 7) is 8.20. The van der Waals surface area contributed by atoms with Crippen molar-refractivity contribution in [2.45, 2.75) is 57.5 Å². The van der Waals surface area contributed by atoms with Crippen LogP contribution < -0.4 is 15.0 Å². The van der Waals surface area contributed by atoms with E-state index >= 15 is 0 Å². The van der Waals surface area contributed by atoms with E-state index in [0.717, 1.165) is 43.9 Å². The second-order valence-corrected chi connectivity index (χ2v) is 9.95. The quantitative estimate of drug-likeness (QED) is 0.626. The third-order valence-electron chi connectivity index (χ3n) is 7.46. The second-order valence-electron chi connectivity index (χ2n) is 9.95. The maximum Gasteiger partial charge on any atom is 0.335 e. The molecule has 3 aliphatic rings. The standard InChI is InChI=1S/C27H33N3O4.H2O/c1-3-34-24-15-21(23(14-18(24)2)19-4-5-19)16-29-12-10-27(11-13-29)17-30(26(33)28-27)22-8-6-20(7-9-22)25(31)32;/h6-9,14-15,19H,3-5,10-13,16-17H2,1-2H3,(H,28,33)(H,31,32);1H2. The lowest BCUT2D eigenvalue weighted by Crippen LogP contribution is -2.52. The van der Waals surface area contributed by atoms with E-state index < -0.39 is 5.97 Å². The van der Waals surface area contributed by atoms with Crippen molar-refractivity contribution < 1.29 is 24.9 Å². The van der Waals surface area contributed by atoms with Gasteiger partial charge in [-0.15, -0.1) is 0 Å². The van der Waals surface area contributed by atoms with E-state index in [2.05, 4.69) is 29.3 Å². The van der Waals surface area contributed by atoms with Crippen LogP contribution in [0, 0.1) is 6.92 Å². The van der Waals surface area contributed by atoms with Crippen LogP contribution in [0.4, 0.5) is 10.5 Å². The maximum absolute atomic E-state index is 12.8. The number of aromatic carboxylic acids is 1. The number of nitrogens with one attached hydrogen (secondary N) is 1. The lowest BCUT2D eigenvalue weighted by Gasteiger charge is -2.39. The zero-order valence-corrected chi connectivity index (χ0v) is 20.5. The van der Waals surface area contributed by atoms with E-state index in [1.807, 2.05) is 6.92 Å². The SMILES string of the molecule is CCOc1cc(CN2CCC3(CC2)CN(c2ccc(C(=O)O)cc2)C(=O)N3)c(C2CC2)cc1C.O. The van der Waals surface area contributed by atoms with Crippen molar-refractivity contribution >= 4 is 17.7 Å². The van der Waals surface area contributed by atoms with Gasteiger partial charge in [0.25, 0.3) is 0 Å². The number of amides is 2. The molecule has 0 aromatic heterocycles. The molecule has 8 heteroatoms. The lowest BCUT2D eigenvalue weighted by molar-refractivity contribution is 0.0697. The molecule has 2 aromatic carbocycles. The van der Waals surface area contributed by atoms with Crippen LogP contribution in [0.3, 0.4) is 0 Å². The average Bonchev–Trinajstić information content (AvgIpc) is 3.61. The number of hydrogen-bond donors (Lipinski definition) is 2. The molecule has 0 bridgehead atoms. The molecular weight excluding hydrogens is 446 g/mol. The predicted molar refractivity (Wildman–Crippen MR) is 134 cm³/mol. The van der Waals surface area contributed by atoms with E-state index in [4.69, 9.17) is 9.84 Å². The Morgan fingerprint density at radius 2 is 1.86 bits per heavy atom. The van der Waals surface area contributed by atoms with Gasteiger partial charge in [-0.05, 0) is 92.5 Å². The number of likely N-dealkylation sites (tertiary alicyclic amines) is 1. The third kappa shape index (κ3) is 5.13. The number of carboxylic acid groups (broad SMARTS) is 1. The van der Waals surface area contributed by atoms with Crippen LogP contribution in [-0.4, -0.2) is 59.3 Å². The van der Waals surface area contributed by atoms with Crippen molar-refractivity contribution in [3.05, 3.63) is 58.7 Å². The molecule has 3 fully saturated rings. The third-order valence-corrected chi connectivity index (χ3v) is 7.46. The molecule has 2 heterocycles. The fraction of sp³-hybridized carbons (Fsp3) is 0.481. The summed E-state index contributed by atoms with van der Waals surface area (Å²) in [6.07, 6.45) is 4.34. The van der Waals surface area contributed by atoms with Gasteiger partial charge in [-0.25, -0.2) is 9.59 Å². The summed E-state index contributed by atoms with van der Waals surface area (Å²) in [5.41, 5.74) is 4.80. The van der Waals surface area contributed by atoms with Crippen molar-refractivity contribution in [2.24, 2.45) is 0 Å². The number of benzene rings is 2. The molecule has 4 N–H and O–H groups in total. The molecular formula is C27H35N3O5. The fourth-order valence-corrected chi connectivity index (χ4v) is 5.34. The minimum atomic E-state index is -0.965. The molecule has 0 radical (unpaired) electrons. The van der Waals surface area contributed by atoms with E-state index in [9.17, 15) is 9.59 Å². The van der Waals surface area contributed by atoms with Gasteiger partial charge in [0, 0.05) is 25.3 Å². The summed E-state index contributed by atoms with van der Waals surface area (Å²) < 4.78 is 5.88. The summed E-state index contributed by atoms with van der Waals surface area (Å²) >= 11 is 0. The number of aryl methyl sites for hydroxylation is 1. The van der Waals surface area contributed by atoms with E-state index in [1.165, 1.54) is 29.5 Å². The molecule has 2 aliphatic heterocycles. The fourth-order valence-electron chi connectivity index (χ4n) is 5.34. The Labute approximate surface area is 206 Å². The molecule has 2 aromatic rings. The number of carbonyl (C=O) groups is 2. The number of carboxylic acids is 1. The predicted octanol–water partition coefficient (Wildman–Crippen LogP) is 3.71. The molecule has 0 unspecified atom stereocenters. The molecule has 1 spiro atoms.